The van der Waals surface area contributed by atoms with E-state index in [9.17, 15) is 18.0 Å². The van der Waals surface area contributed by atoms with Gasteiger partial charge in [-0.25, -0.2) is 8.42 Å². The number of sulfonamides is 1. The predicted octanol–water partition coefficient (Wildman–Crippen LogP) is 5.91. The minimum Gasteiger partial charge on any atom is -0.354 e. The van der Waals surface area contributed by atoms with E-state index in [4.69, 9.17) is 58.0 Å². The summed E-state index contributed by atoms with van der Waals surface area (Å²) in [5, 5.41) is 3.66. The molecule has 0 heterocycles. The zero-order valence-corrected chi connectivity index (χ0v) is 24.6. The van der Waals surface area contributed by atoms with Crippen LogP contribution in [-0.4, -0.2) is 50.5 Å². The molecule has 2 rings (SSSR count). The Morgan fingerprint density at radius 1 is 0.917 bits per heavy atom. The Labute approximate surface area is 236 Å². The Hall–Kier alpha value is -1.42. The summed E-state index contributed by atoms with van der Waals surface area (Å²) in [6, 6.07) is 6.36. The maximum absolute atomic E-state index is 13.6. The van der Waals surface area contributed by atoms with Crippen molar-refractivity contribution in [2.75, 3.05) is 23.7 Å². The Bertz CT molecular complexity index is 1240. The van der Waals surface area contributed by atoms with Crippen LogP contribution < -0.4 is 9.62 Å². The van der Waals surface area contributed by atoms with E-state index in [1.807, 2.05) is 13.8 Å². The summed E-state index contributed by atoms with van der Waals surface area (Å²) in [6.45, 7) is 5.11. The van der Waals surface area contributed by atoms with Crippen LogP contribution in [0.4, 0.5) is 5.69 Å². The van der Waals surface area contributed by atoms with E-state index < -0.39 is 34.4 Å². The molecule has 2 amide bonds. The lowest BCUT2D eigenvalue weighted by molar-refractivity contribution is -0.139. The van der Waals surface area contributed by atoms with Crippen molar-refractivity contribution < 1.29 is 18.0 Å². The molecule has 0 aliphatic carbocycles. The number of hydrogen-bond acceptors (Lipinski definition) is 4. The quantitative estimate of drug-likeness (QED) is 0.336. The summed E-state index contributed by atoms with van der Waals surface area (Å²) in [4.78, 5) is 27.7. The topological polar surface area (TPSA) is 86.8 Å². The van der Waals surface area contributed by atoms with Crippen LogP contribution >= 0.6 is 58.0 Å². The van der Waals surface area contributed by atoms with Crippen molar-refractivity contribution in [2.45, 2.75) is 33.4 Å². The minimum atomic E-state index is -4.00. The number of rotatable bonds is 10. The molecule has 1 unspecified atom stereocenters. The highest BCUT2D eigenvalue weighted by Gasteiger charge is 2.31. The Balaban J connectivity index is 2.47. The first kappa shape index (κ1) is 30.8. The molecule has 0 aromatic heterocycles. The standard InChI is InChI=1S/C23H26Cl5N3O4S/c1-13(2)10-29-23(33)14(3)30(11-15-5-6-16(24)7-17(15)25)22(32)12-31(36(4,34)35)21-9-19(27)18(26)8-20(21)28/h5-9,13-14H,10-12H2,1-4H3,(H,29,33). The van der Waals surface area contributed by atoms with Gasteiger partial charge < -0.3 is 10.2 Å². The van der Waals surface area contributed by atoms with Crippen LogP contribution in [0.25, 0.3) is 0 Å². The average Bonchev–Trinajstić information content (AvgIpc) is 2.76. The maximum Gasteiger partial charge on any atom is 0.244 e. The fourth-order valence-corrected chi connectivity index (χ4v) is 5.18. The molecule has 0 radical (unpaired) electrons. The molecule has 198 valence electrons. The molecule has 0 fully saturated rings. The Kier molecular flexibility index (Phi) is 11.0. The number of nitrogens with zero attached hydrogens (tertiary/aromatic N) is 2. The van der Waals surface area contributed by atoms with Crippen LogP contribution in [0, 0.1) is 5.92 Å². The minimum absolute atomic E-state index is 0.0161. The second-order valence-electron chi connectivity index (χ2n) is 8.56. The van der Waals surface area contributed by atoms with Crippen LogP contribution in [0.2, 0.25) is 25.1 Å². The zero-order valence-electron chi connectivity index (χ0n) is 20.0. The number of nitrogens with one attached hydrogen (secondary N) is 1. The monoisotopic (exact) mass is 615 g/mol. The third-order valence-electron chi connectivity index (χ3n) is 5.15. The van der Waals surface area contributed by atoms with Gasteiger partial charge in [0.05, 0.1) is 27.0 Å². The number of hydrogen-bond donors (Lipinski definition) is 1. The van der Waals surface area contributed by atoms with E-state index in [1.165, 1.54) is 23.1 Å². The molecule has 36 heavy (non-hydrogen) atoms. The highest BCUT2D eigenvalue weighted by molar-refractivity contribution is 7.92. The van der Waals surface area contributed by atoms with Crippen molar-refractivity contribution in [1.82, 2.24) is 10.2 Å². The smallest absolute Gasteiger partial charge is 0.244 e. The van der Waals surface area contributed by atoms with E-state index in [0.717, 1.165) is 10.6 Å². The molecule has 7 nitrogen and oxygen atoms in total. The van der Waals surface area contributed by atoms with Gasteiger partial charge in [0.1, 0.15) is 12.6 Å². The van der Waals surface area contributed by atoms with E-state index in [-0.39, 0.29) is 33.2 Å². The van der Waals surface area contributed by atoms with Gasteiger partial charge in [0, 0.05) is 23.1 Å². The number of carbonyl (C=O) groups is 2. The summed E-state index contributed by atoms with van der Waals surface area (Å²) < 4.78 is 26.2. The highest BCUT2D eigenvalue weighted by atomic mass is 35.5. The summed E-state index contributed by atoms with van der Waals surface area (Å²) in [7, 11) is -4.00. The molecule has 2 aromatic rings. The van der Waals surface area contributed by atoms with E-state index in [1.54, 1.807) is 19.1 Å². The summed E-state index contributed by atoms with van der Waals surface area (Å²) >= 11 is 30.6. The van der Waals surface area contributed by atoms with Gasteiger partial charge in [-0.2, -0.15) is 0 Å². The first-order valence-electron chi connectivity index (χ1n) is 10.7. The van der Waals surface area contributed by atoms with Gasteiger partial charge in [0.15, 0.2) is 0 Å². The van der Waals surface area contributed by atoms with Crippen molar-refractivity contribution in [3.05, 3.63) is 61.0 Å². The predicted molar refractivity (Wildman–Crippen MR) is 148 cm³/mol. The largest absolute Gasteiger partial charge is 0.354 e. The van der Waals surface area contributed by atoms with Crippen LogP contribution in [0.3, 0.4) is 0 Å². The molecular weight excluding hydrogens is 592 g/mol. The van der Waals surface area contributed by atoms with Crippen LogP contribution in [0.15, 0.2) is 30.3 Å². The van der Waals surface area contributed by atoms with Gasteiger partial charge in [0.2, 0.25) is 21.8 Å². The van der Waals surface area contributed by atoms with Gasteiger partial charge >= 0.3 is 0 Å². The lowest BCUT2D eigenvalue weighted by atomic mass is 10.1. The zero-order chi connectivity index (χ0) is 27.4. The van der Waals surface area contributed by atoms with Gasteiger partial charge in [-0.15, -0.1) is 0 Å². The fourth-order valence-electron chi connectivity index (χ4n) is 3.17. The molecular formula is C23H26Cl5N3O4S. The van der Waals surface area contributed by atoms with E-state index >= 15 is 0 Å². The number of carbonyl (C=O) groups excluding carboxylic acids is 2. The number of anilines is 1. The van der Waals surface area contributed by atoms with Gasteiger partial charge in [0.25, 0.3) is 0 Å². The Morgan fingerprint density at radius 3 is 2.08 bits per heavy atom. The molecule has 0 saturated carbocycles. The van der Waals surface area contributed by atoms with Crippen molar-refractivity contribution in [1.29, 1.82) is 0 Å². The SMILES string of the molecule is CC(C)CNC(=O)C(C)N(Cc1ccc(Cl)cc1Cl)C(=O)CN(c1cc(Cl)c(Cl)cc1Cl)S(C)(=O)=O. The van der Waals surface area contributed by atoms with Gasteiger partial charge in [-0.3, -0.25) is 13.9 Å². The molecule has 0 bridgehead atoms. The third kappa shape index (κ3) is 8.30. The molecule has 1 N–H and O–H groups in total. The van der Waals surface area contributed by atoms with Crippen LogP contribution in [0.1, 0.15) is 26.3 Å². The van der Waals surface area contributed by atoms with Gasteiger partial charge in [-0.05, 0) is 42.7 Å². The third-order valence-corrected chi connectivity index (χ3v) is 7.88. The molecule has 0 spiro atoms. The first-order valence-corrected chi connectivity index (χ1v) is 14.5. The molecule has 0 saturated heterocycles. The second kappa shape index (κ2) is 12.9. The second-order valence-corrected chi connectivity index (χ2v) is 12.5. The van der Waals surface area contributed by atoms with Crippen LogP contribution in [-0.2, 0) is 26.2 Å². The first-order chi connectivity index (χ1) is 16.6. The molecule has 1 atom stereocenters. The number of halogens is 5. The molecule has 2 aromatic carbocycles. The molecule has 0 aliphatic rings. The van der Waals surface area contributed by atoms with Crippen LogP contribution in [0.5, 0.6) is 0 Å². The van der Waals surface area contributed by atoms with E-state index in [2.05, 4.69) is 5.32 Å². The normalized spacial score (nSPS) is 12.4. The van der Waals surface area contributed by atoms with Gasteiger partial charge in [-0.1, -0.05) is 77.9 Å². The van der Waals surface area contributed by atoms with Crippen molar-refractivity contribution in [3.8, 4) is 0 Å². The number of benzene rings is 2. The summed E-state index contributed by atoms with van der Waals surface area (Å²) in [6.07, 6.45) is 0.929. The molecule has 13 heteroatoms. The maximum atomic E-state index is 13.6. The van der Waals surface area contributed by atoms with Crippen molar-refractivity contribution in [3.63, 3.8) is 0 Å². The highest BCUT2D eigenvalue weighted by Crippen LogP contribution is 2.35. The lowest BCUT2D eigenvalue weighted by Gasteiger charge is -2.32. The average molecular weight is 618 g/mol. The summed E-state index contributed by atoms with van der Waals surface area (Å²) in [5.41, 5.74) is 0.500. The fraction of sp³-hybridized carbons (Fsp3) is 0.391. The van der Waals surface area contributed by atoms with E-state index in [0.29, 0.717) is 22.2 Å². The summed E-state index contributed by atoms with van der Waals surface area (Å²) in [5.74, 6) is -0.880. The lowest BCUT2D eigenvalue weighted by Crippen LogP contribution is -2.51. The van der Waals surface area contributed by atoms with Crippen molar-refractivity contribution >= 4 is 85.5 Å². The molecule has 0 aliphatic heterocycles. The Morgan fingerprint density at radius 2 is 1.53 bits per heavy atom. The number of amides is 2. The van der Waals surface area contributed by atoms with Crippen molar-refractivity contribution in [2.24, 2.45) is 5.92 Å².